The predicted octanol–water partition coefficient (Wildman–Crippen LogP) is 4.17. The number of aryl methyl sites for hydroxylation is 1. The van der Waals surface area contributed by atoms with Crippen molar-refractivity contribution in [1.29, 1.82) is 0 Å². The zero-order valence-corrected chi connectivity index (χ0v) is 11.8. The standard InChI is InChI=1S/C13H9BrClNO2/c1-7-9(13(17)18)4-5-12(16-7)10-3-2-8(14)6-11(10)15/h2-6H,1H3,(H,17,18). The second-order valence-electron chi connectivity index (χ2n) is 3.76. The molecule has 1 aromatic heterocycles. The van der Waals surface area contributed by atoms with Crippen LogP contribution in [0, 0.1) is 6.92 Å². The number of hydrogen-bond acceptors (Lipinski definition) is 2. The number of benzene rings is 1. The van der Waals surface area contributed by atoms with Crippen LogP contribution in [0.2, 0.25) is 5.02 Å². The molecule has 0 saturated carbocycles. The van der Waals surface area contributed by atoms with Gasteiger partial charge in [-0.1, -0.05) is 33.6 Å². The van der Waals surface area contributed by atoms with Gasteiger partial charge in [-0.15, -0.1) is 0 Å². The van der Waals surface area contributed by atoms with E-state index in [2.05, 4.69) is 20.9 Å². The highest BCUT2D eigenvalue weighted by atomic mass is 79.9. The second-order valence-corrected chi connectivity index (χ2v) is 5.08. The number of hydrogen-bond donors (Lipinski definition) is 1. The van der Waals surface area contributed by atoms with E-state index in [-0.39, 0.29) is 5.56 Å². The van der Waals surface area contributed by atoms with E-state index in [0.717, 1.165) is 10.0 Å². The Hall–Kier alpha value is -1.39. The summed E-state index contributed by atoms with van der Waals surface area (Å²) in [5.41, 5.74) is 2.11. The summed E-state index contributed by atoms with van der Waals surface area (Å²) in [5, 5.41) is 9.51. The second kappa shape index (κ2) is 5.08. The highest BCUT2D eigenvalue weighted by Crippen LogP contribution is 2.29. The summed E-state index contributed by atoms with van der Waals surface area (Å²) in [6.07, 6.45) is 0. The first kappa shape index (κ1) is 13.1. The summed E-state index contributed by atoms with van der Waals surface area (Å²) in [5.74, 6) is -0.978. The molecule has 0 aliphatic carbocycles. The van der Waals surface area contributed by atoms with Crippen molar-refractivity contribution >= 4 is 33.5 Å². The Bertz CT molecular complexity index is 628. The first-order chi connectivity index (χ1) is 8.49. The third-order valence-corrected chi connectivity index (χ3v) is 3.33. The van der Waals surface area contributed by atoms with E-state index < -0.39 is 5.97 Å². The molecule has 0 atom stereocenters. The Morgan fingerprint density at radius 2 is 2.06 bits per heavy atom. The molecule has 1 N–H and O–H groups in total. The molecule has 0 aliphatic rings. The van der Waals surface area contributed by atoms with E-state index in [0.29, 0.717) is 16.4 Å². The Labute approximate surface area is 118 Å². The molecule has 2 rings (SSSR count). The fourth-order valence-corrected chi connectivity index (χ4v) is 2.40. The molecule has 0 aliphatic heterocycles. The largest absolute Gasteiger partial charge is 0.478 e. The van der Waals surface area contributed by atoms with Gasteiger partial charge in [-0.25, -0.2) is 4.79 Å². The van der Waals surface area contributed by atoms with Crippen LogP contribution in [0.5, 0.6) is 0 Å². The molecule has 0 bridgehead atoms. The minimum absolute atomic E-state index is 0.201. The number of pyridine rings is 1. The quantitative estimate of drug-likeness (QED) is 0.901. The summed E-state index contributed by atoms with van der Waals surface area (Å²) in [7, 11) is 0. The highest BCUT2D eigenvalue weighted by molar-refractivity contribution is 9.10. The fourth-order valence-electron chi connectivity index (χ4n) is 1.63. The predicted molar refractivity (Wildman–Crippen MR) is 74.1 cm³/mol. The van der Waals surface area contributed by atoms with Gasteiger partial charge in [0.1, 0.15) is 0 Å². The number of aromatic carboxylic acids is 1. The number of carboxylic acids is 1. The Morgan fingerprint density at radius 1 is 1.33 bits per heavy atom. The highest BCUT2D eigenvalue weighted by Gasteiger charge is 2.11. The maximum absolute atomic E-state index is 10.9. The molecule has 18 heavy (non-hydrogen) atoms. The van der Waals surface area contributed by atoms with Crippen LogP contribution < -0.4 is 0 Å². The van der Waals surface area contributed by atoms with Gasteiger partial charge in [-0.05, 0) is 31.2 Å². The molecule has 0 unspecified atom stereocenters. The molecular formula is C13H9BrClNO2. The molecule has 92 valence electrons. The minimum atomic E-state index is -0.978. The molecule has 3 nitrogen and oxygen atoms in total. The van der Waals surface area contributed by atoms with Crippen molar-refractivity contribution < 1.29 is 9.90 Å². The zero-order valence-electron chi connectivity index (χ0n) is 9.45. The van der Waals surface area contributed by atoms with Crippen LogP contribution in [0.15, 0.2) is 34.8 Å². The van der Waals surface area contributed by atoms with Crippen LogP contribution in [0.25, 0.3) is 11.3 Å². The van der Waals surface area contributed by atoms with Crippen molar-refractivity contribution in [3.63, 3.8) is 0 Å². The van der Waals surface area contributed by atoms with Crippen molar-refractivity contribution in [2.45, 2.75) is 6.92 Å². The van der Waals surface area contributed by atoms with Gasteiger partial charge in [0.25, 0.3) is 0 Å². The topological polar surface area (TPSA) is 50.2 Å². The summed E-state index contributed by atoms with van der Waals surface area (Å²) >= 11 is 9.46. The van der Waals surface area contributed by atoms with Gasteiger partial charge in [0.2, 0.25) is 0 Å². The van der Waals surface area contributed by atoms with Crippen molar-refractivity contribution in [1.82, 2.24) is 4.98 Å². The van der Waals surface area contributed by atoms with Crippen LogP contribution in [-0.4, -0.2) is 16.1 Å². The summed E-state index contributed by atoms with van der Waals surface area (Å²) in [4.78, 5) is 15.2. The smallest absolute Gasteiger partial charge is 0.337 e. The SMILES string of the molecule is Cc1nc(-c2ccc(Br)cc2Cl)ccc1C(=O)O. The van der Waals surface area contributed by atoms with E-state index >= 15 is 0 Å². The number of halogens is 2. The number of carbonyl (C=O) groups is 1. The van der Waals surface area contributed by atoms with Crippen molar-refractivity contribution in [2.75, 3.05) is 0 Å². The van der Waals surface area contributed by atoms with Crippen molar-refractivity contribution in [3.8, 4) is 11.3 Å². The molecule has 5 heteroatoms. The molecule has 0 spiro atoms. The van der Waals surface area contributed by atoms with E-state index in [4.69, 9.17) is 16.7 Å². The lowest BCUT2D eigenvalue weighted by atomic mass is 10.1. The number of rotatable bonds is 2. The summed E-state index contributed by atoms with van der Waals surface area (Å²) < 4.78 is 0.884. The van der Waals surface area contributed by atoms with Gasteiger partial charge in [0, 0.05) is 10.0 Å². The van der Waals surface area contributed by atoms with Gasteiger partial charge in [0.05, 0.1) is 22.0 Å². The molecule has 0 amide bonds. The lowest BCUT2D eigenvalue weighted by molar-refractivity contribution is 0.0695. The van der Waals surface area contributed by atoms with Crippen LogP contribution in [0.4, 0.5) is 0 Å². The van der Waals surface area contributed by atoms with Crippen LogP contribution in [0.1, 0.15) is 16.1 Å². The monoisotopic (exact) mass is 325 g/mol. The Balaban J connectivity index is 2.52. The molecule has 1 aromatic carbocycles. The van der Waals surface area contributed by atoms with Crippen molar-refractivity contribution in [3.05, 3.63) is 51.1 Å². The van der Waals surface area contributed by atoms with Crippen LogP contribution in [0.3, 0.4) is 0 Å². The maximum atomic E-state index is 10.9. The van der Waals surface area contributed by atoms with Gasteiger partial charge in [-0.2, -0.15) is 0 Å². The zero-order chi connectivity index (χ0) is 13.3. The minimum Gasteiger partial charge on any atom is -0.478 e. The Kier molecular flexibility index (Phi) is 3.68. The average molecular weight is 327 g/mol. The molecule has 2 aromatic rings. The average Bonchev–Trinajstić information content (AvgIpc) is 2.28. The van der Waals surface area contributed by atoms with E-state index in [9.17, 15) is 4.79 Å². The van der Waals surface area contributed by atoms with E-state index in [1.165, 1.54) is 0 Å². The summed E-state index contributed by atoms with van der Waals surface area (Å²) in [6.45, 7) is 1.67. The first-order valence-electron chi connectivity index (χ1n) is 5.15. The number of aromatic nitrogens is 1. The molecular weight excluding hydrogens is 318 g/mol. The molecule has 0 saturated heterocycles. The van der Waals surface area contributed by atoms with Crippen LogP contribution in [-0.2, 0) is 0 Å². The van der Waals surface area contributed by atoms with E-state index in [1.807, 2.05) is 12.1 Å². The van der Waals surface area contributed by atoms with Gasteiger partial charge < -0.3 is 5.11 Å². The lowest BCUT2D eigenvalue weighted by Crippen LogP contribution is -2.02. The molecule has 1 heterocycles. The summed E-state index contributed by atoms with van der Waals surface area (Å²) in [6, 6.07) is 8.68. The maximum Gasteiger partial charge on any atom is 0.337 e. The fraction of sp³-hybridized carbons (Fsp3) is 0.0769. The lowest BCUT2D eigenvalue weighted by Gasteiger charge is -2.07. The molecule has 0 radical (unpaired) electrons. The van der Waals surface area contributed by atoms with E-state index in [1.54, 1.807) is 25.1 Å². The number of carboxylic acid groups (broad SMARTS) is 1. The molecule has 0 fully saturated rings. The van der Waals surface area contributed by atoms with Gasteiger partial charge >= 0.3 is 5.97 Å². The first-order valence-corrected chi connectivity index (χ1v) is 6.32. The van der Waals surface area contributed by atoms with Gasteiger partial charge in [-0.3, -0.25) is 4.98 Å². The normalized spacial score (nSPS) is 10.4. The van der Waals surface area contributed by atoms with Gasteiger partial charge in [0.15, 0.2) is 0 Å². The Morgan fingerprint density at radius 3 is 2.61 bits per heavy atom. The number of nitrogens with zero attached hydrogens (tertiary/aromatic N) is 1. The third-order valence-electron chi connectivity index (χ3n) is 2.52. The van der Waals surface area contributed by atoms with Crippen molar-refractivity contribution in [2.24, 2.45) is 0 Å². The third kappa shape index (κ3) is 2.54. The van der Waals surface area contributed by atoms with Crippen LogP contribution >= 0.6 is 27.5 Å².